The molecule has 0 aromatic heterocycles. The first-order valence-corrected chi connectivity index (χ1v) is 7.84. The second-order valence-electron chi connectivity index (χ2n) is 5.75. The predicted octanol–water partition coefficient (Wildman–Crippen LogP) is 3.59. The van der Waals surface area contributed by atoms with Crippen LogP contribution < -0.4 is 5.32 Å². The number of carbonyl (C=O) groups excluding carboxylic acids is 1. The topological polar surface area (TPSA) is 75.6 Å². The summed E-state index contributed by atoms with van der Waals surface area (Å²) in [6, 6.07) is 4.64. The summed E-state index contributed by atoms with van der Waals surface area (Å²) in [5.41, 5.74) is -1.34. The molecule has 0 aliphatic carbocycles. The SMILES string of the molecule is CCOC(=O)C1=C(C)NC(C)=C(C(=O)O)C1c1ccccc1C(F)(F)F. The van der Waals surface area contributed by atoms with Gasteiger partial charge in [0.1, 0.15) is 0 Å². The van der Waals surface area contributed by atoms with Crippen molar-refractivity contribution < 1.29 is 32.6 Å². The molecular formula is C18H18F3NO4. The first-order valence-electron chi connectivity index (χ1n) is 7.84. The molecule has 140 valence electrons. The van der Waals surface area contributed by atoms with Gasteiger partial charge >= 0.3 is 18.1 Å². The zero-order valence-corrected chi connectivity index (χ0v) is 14.4. The van der Waals surface area contributed by atoms with Crippen LogP contribution in [0.4, 0.5) is 13.2 Å². The summed E-state index contributed by atoms with van der Waals surface area (Å²) in [6.45, 7) is 4.51. The number of ether oxygens (including phenoxy) is 1. The van der Waals surface area contributed by atoms with E-state index in [4.69, 9.17) is 4.74 Å². The van der Waals surface area contributed by atoms with Gasteiger partial charge < -0.3 is 15.2 Å². The number of allylic oxidation sites excluding steroid dienone is 2. The van der Waals surface area contributed by atoms with Gasteiger partial charge in [-0.3, -0.25) is 0 Å². The molecule has 8 heteroatoms. The fourth-order valence-electron chi connectivity index (χ4n) is 3.07. The Bertz CT molecular complexity index is 809. The third-order valence-corrected chi connectivity index (χ3v) is 4.06. The zero-order valence-electron chi connectivity index (χ0n) is 14.4. The highest BCUT2D eigenvalue weighted by Crippen LogP contribution is 2.44. The van der Waals surface area contributed by atoms with E-state index in [0.717, 1.165) is 6.07 Å². The Morgan fingerprint density at radius 1 is 1.15 bits per heavy atom. The van der Waals surface area contributed by atoms with Crippen molar-refractivity contribution in [3.63, 3.8) is 0 Å². The second-order valence-corrected chi connectivity index (χ2v) is 5.75. The van der Waals surface area contributed by atoms with E-state index in [1.807, 2.05) is 0 Å². The first-order chi connectivity index (χ1) is 12.1. The van der Waals surface area contributed by atoms with Crippen LogP contribution in [0.15, 0.2) is 46.8 Å². The van der Waals surface area contributed by atoms with Crippen molar-refractivity contribution in [3.8, 4) is 0 Å². The van der Waals surface area contributed by atoms with Gasteiger partial charge in [0.15, 0.2) is 0 Å². The Hall–Kier alpha value is -2.77. The largest absolute Gasteiger partial charge is 0.478 e. The van der Waals surface area contributed by atoms with Crippen LogP contribution >= 0.6 is 0 Å². The van der Waals surface area contributed by atoms with E-state index in [2.05, 4.69) is 5.32 Å². The molecule has 0 saturated heterocycles. The van der Waals surface area contributed by atoms with Crippen molar-refractivity contribution >= 4 is 11.9 Å². The van der Waals surface area contributed by atoms with Crippen LogP contribution in [0.3, 0.4) is 0 Å². The molecule has 1 aromatic rings. The van der Waals surface area contributed by atoms with Gasteiger partial charge in [-0.1, -0.05) is 18.2 Å². The van der Waals surface area contributed by atoms with Gasteiger partial charge in [-0.2, -0.15) is 13.2 Å². The molecule has 26 heavy (non-hydrogen) atoms. The van der Waals surface area contributed by atoms with Crippen LogP contribution in [-0.2, 0) is 20.5 Å². The van der Waals surface area contributed by atoms with Crippen LogP contribution in [0, 0.1) is 0 Å². The Labute approximate surface area is 148 Å². The standard InChI is InChI=1S/C18H18F3NO4/c1-4-26-17(25)14-10(3)22-9(2)13(16(23)24)15(14)11-7-5-6-8-12(11)18(19,20)21/h5-8,15,22H,4H2,1-3H3,(H,23,24). The fourth-order valence-corrected chi connectivity index (χ4v) is 3.07. The smallest absolute Gasteiger partial charge is 0.416 e. The summed E-state index contributed by atoms with van der Waals surface area (Å²) in [6.07, 6.45) is -4.70. The summed E-state index contributed by atoms with van der Waals surface area (Å²) in [5.74, 6) is -3.66. The van der Waals surface area contributed by atoms with Gasteiger partial charge in [-0.15, -0.1) is 0 Å². The van der Waals surface area contributed by atoms with Crippen LogP contribution in [0.5, 0.6) is 0 Å². The van der Waals surface area contributed by atoms with Gasteiger partial charge in [0.2, 0.25) is 0 Å². The highest BCUT2D eigenvalue weighted by molar-refractivity contribution is 5.99. The number of carboxylic acids is 1. The maximum atomic E-state index is 13.5. The first kappa shape index (κ1) is 19.6. The molecule has 0 spiro atoms. The molecule has 1 aliphatic rings. The Balaban J connectivity index is 2.79. The van der Waals surface area contributed by atoms with E-state index in [1.165, 1.54) is 32.0 Å². The quantitative estimate of drug-likeness (QED) is 0.794. The number of halogens is 3. The molecule has 0 bridgehead atoms. The molecule has 1 unspecified atom stereocenters. The van der Waals surface area contributed by atoms with E-state index in [9.17, 15) is 27.9 Å². The lowest BCUT2D eigenvalue weighted by atomic mass is 9.78. The lowest BCUT2D eigenvalue weighted by Crippen LogP contribution is -2.32. The zero-order chi connectivity index (χ0) is 19.6. The molecule has 0 fully saturated rings. The molecule has 1 heterocycles. The van der Waals surface area contributed by atoms with Crippen molar-refractivity contribution in [2.45, 2.75) is 32.9 Å². The van der Waals surface area contributed by atoms with E-state index < -0.39 is 29.6 Å². The number of alkyl halides is 3. The van der Waals surface area contributed by atoms with Gasteiger partial charge in [0.05, 0.1) is 29.2 Å². The molecule has 5 nitrogen and oxygen atoms in total. The van der Waals surface area contributed by atoms with Crippen LogP contribution in [-0.4, -0.2) is 23.7 Å². The molecule has 1 atom stereocenters. The minimum absolute atomic E-state index is 0.00829. The molecule has 0 radical (unpaired) electrons. The average Bonchev–Trinajstić information content (AvgIpc) is 2.53. The normalized spacial score (nSPS) is 17.8. The number of esters is 1. The molecule has 1 aromatic carbocycles. The Kier molecular flexibility index (Phi) is 5.44. The summed E-state index contributed by atoms with van der Waals surface area (Å²) >= 11 is 0. The third-order valence-electron chi connectivity index (χ3n) is 4.06. The number of carboxylic acid groups (broad SMARTS) is 1. The number of benzene rings is 1. The third kappa shape index (κ3) is 3.58. The van der Waals surface area contributed by atoms with Crippen molar-refractivity contribution in [1.29, 1.82) is 0 Å². The maximum absolute atomic E-state index is 13.5. The Morgan fingerprint density at radius 3 is 2.27 bits per heavy atom. The predicted molar refractivity (Wildman–Crippen MR) is 87.0 cm³/mol. The number of aliphatic carboxylic acids is 1. The minimum atomic E-state index is -4.70. The van der Waals surface area contributed by atoms with Crippen LogP contribution in [0.25, 0.3) is 0 Å². The minimum Gasteiger partial charge on any atom is -0.478 e. The van der Waals surface area contributed by atoms with Crippen molar-refractivity contribution in [2.24, 2.45) is 0 Å². The number of nitrogens with one attached hydrogen (secondary N) is 1. The number of carbonyl (C=O) groups is 2. The number of hydrogen-bond donors (Lipinski definition) is 2. The lowest BCUT2D eigenvalue weighted by molar-refractivity contribution is -0.141. The van der Waals surface area contributed by atoms with Gasteiger partial charge in [0, 0.05) is 11.4 Å². The molecule has 0 amide bonds. The number of hydrogen-bond acceptors (Lipinski definition) is 4. The van der Waals surface area contributed by atoms with Gasteiger partial charge in [0.25, 0.3) is 0 Å². The maximum Gasteiger partial charge on any atom is 0.416 e. The van der Waals surface area contributed by atoms with E-state index in [1.54, 1.807) is 6.92 Å². The van der Waals surface area contributed by atoms with E-state index >= 15 is 0 Å². The lowest BCUT2D eigenvalue weighted by Gasteiger charge is -2.31. The fraction of sp³-hybridized carbons (Fsp3) is 0.333. The summed E-state index contributed by atoms with van der Waals surface area (Å²) in [5, 5.41) is 12.4. The number of rotatable bonds is 4. The monoisotopic (exact) mass is 369 g/mol. The molecule has 1 aliphatic heterocycles. The summed E-state index contributed by atoms with van der Waals surface area (Å²) in [4.78, 5) is 24.2. The molecule has 2 N–H and O–H groups in total. The highest BCUT2D eigenvalue weighted by Gasteiger charge is 2.42. The van der Waals surface area contributed by atoms with Gasteiger partial charge in [-0.05, 0) is 32.4 Å². The average molecular weight is 369 g/mol. The number of dihydropyridines is 1. The molecular weight excluding hydrogens is 351 g/mol. The van der Waals surface area contributed by atoms with E-state index in [0.29, 0.717) is 0 Å². The van der Waals surface area contributed by atoms with Crippen molar-refractivity contribution in [1.82, 2.24) is 5.32 Å². The van der Waals surface area contributed by atoms with E-state index in [-0.39, 0.29) is 34.7 Å². The summed E-state index contributed by atoms with van der Waals surface area (Å²) < 4.78 is 45.4. The Morgan fingerprint density at radius 2 is 1.73 bits per heavy atom. The second kappa shape index (κ2) is 7.23. The summed E-state index contributed by atoms with van der Waals surface area (Å²) in [7, 11) is 0. The van der Waals surface area contributed by atoms with Crippen LogP contribution in [0.2, 0.25) is 0 Å². The van der Waals surface area contributed by atoms with Crippen molar-refractivity contribution in [2.75, 3.05) is 6.61 Å². The molecule has 0 saturated carbocycles. The van der Waals surface area contributed by atoms with Crippen LogP contribution in [0.1, 0.15) is 37.8 Å². The highest BCUT2D eigenvalue weighted by atomic mass is 19.4. The molecule has 2 rings (SSSR count). The van der Waals surface area contributed by atoms with Crippen molar-refractivity contribution in [3.05, 3.63) is 57.9 Å². The van der Waals surface area contributed by atoms with Gasteiger partial charge in [-0.25, -0.2) is 9.59 Å².